The normalized spacial score (nSPS) is 11.0. The molecule has 0 fully saturated rings. The molecule has 0 radical (unpaired) electrons. The van der Waals surface area contributed by atoms with Crippen molar-refractivity contribution in [2.75, 3.05) is 0 Å². The molecule has 0 amide bonds. The number of nitrogens with zero attached hydrogens (tertiary/aromatic N) is 3. The lowest BCUT2D eigenvalue weighted by Gasteiger charge is -2.11. The summed E-state index contributed by atoms with van der Waals surface area (Å²) in [4.78, 5) is 13.9. The minimum absolute atomic E-state index is 0.200. The molecule has 3 aromatic carbocycles. The standard InChI is InChI=1S/C27H27N3O3/c1-16-4-7-19(22(31)10-16)13-25-28-26(14-20-8-5-17(2)11-23(20)32)30-27(29-25)15-21-9-6-18(3)12-24(21)33/h4-12,31-33H,13-15H2,1-3H3. The van der Waals surface area contributed by atoms with E-state index in [0.29, 0.717) is 36.7 Å². The summed E-state index contributed by atoms with van der Waals surface area (Å²) in [5.41, 5.74) is 5.08. The van der Waals surface area contributed by atoms with E-state index in [4.69, 9.17) is 0 Å². The van der Waals surface area contributed by atoms with E-state index in [9.17, 15) is 15.3 Å². The molecule has 0 unspecified atom stereocenters. The maximum Gasteiger partial charge on any atom is 0.137 e. The number of aromatic nitrogens is 3. The molecule has 0 aliphatic heterocycles. The Hall–Kier alpha value is -3.93. The van der Waals surface area contributed by atoms with Crippen molar-refractivity contribution in [3.05, 3.63) is 105 Å². The summed E-state index contributed by atoms with van der Waals surface area (Å²) in [5, 5.41) is 31.0. The van der Waals surface area contributed by atoms with E-state index in [2.05, 4.69) is 15.0 Å². The average Bonchev–Trinajstić information content (AvgIpc) is 2.74. The van der Waals surface area contributed by atoms with Gasteiger partial charge in [0, 0.05) is 36.0 Å². The molecule has 0 saturated carbocycles. The van der Waals surface area contributed by atoms with Gasteiger partial charge in [0.1, 0.15) is 34.7 Å². The van der Waals surface area contributed by atoms with Crippen LogP contribution in [0.3, 0.4) is 0 Å². The molecule has 4 aromatic rings. The summed E-state index contributed by atoms with van der Waals surface area (Å²) in [6.07, 6.45) is 1.02. The first-order valence-corrected chi connectivity index (χ1v) is 10.8. The van der Waals surface area contributed by atoms with Crippen molar-refractivity contribution in [3.63, 3.8) is 0 Å². The van der Waals surface area contributed by atoms with Crippen molar-refractivity contribution < 1.29 is 15.3 Å². The average molecular weight is 442 g/mol. The Morgan fingerprint density at radius 2 is 0.758 bits per heavy atom. The second kappa shape index (κ2) is 9.28. The van der Waals surface area contributed by atoms with Crippen molar-refractivity contribution >= 4 is 0 Å². The number of aromatic hydroxyl groups is 3. The SMILES string of the molecule is Cc1ccc(Cc2nc(Cc3ccc(C)cc3O)nc(Cc3ccc(C)cc3O)n2)c(O)c1. The maximum absolute atomic E-state index is 10.3. The topological polar surface area (TPSA) is 99.4 Å². The van der Waals surface area contributed by atoms with Crippen LogP contribution in [0, 0.1) is 20.8 Å². The Labute approximate surface area is 193 Å². The summed E-state index contributed by atoms with van der Waals surface area (Å²) in [6, 6.07) is 16.6. The van der Waals surface area contributed by atoms with Crippen LogP contribution < -0.4 is 0 Å². The fourth-order valence-corrected chi connectivity index (χ4v) is 3.74. The lowest BCUT2D eigenvalue weighted by atomic mass is 10.1. The highest BCUT2D eigenvalue weighted by molar-refractivity contribution is 5.40. The Kier molecular flexibility index (Phi) is 6.27. The number of phenolic OH excluding ortho intramolecular Hbond substituents is 3. The zero-order valence-electron chi connectivity index (χ0n) is 19.0. The van der Waals surface area contributed by atoms with Gasteiger partial charge in [-0.1, -0.05) is 36.4 Å². The summed E-state index contributed by atoms with van der Waals surface area (Å²) < 4.78 is 0. The lowest BCUT2D eigenvalue weighted by Crippen LogP contribution is -2.10. The minimum atomic E-state index is 0.200. The third-order valence-corrected chi connectivity index (χ3v) is 5.54. The summed E-state index contributed by atoms with van der Waals surface area (Å²) in [5.74, 6) is 2.16. The Balaban J connectivity index is 1.71. The van der Waals surface area contributed by atoms with Gasteiger partial charge in [0.2, 0.25) is 0 Å². The highest BCUT2D eigenvalue weighted by atomic mass is 16.3. The third-order valence-electron chi connectivity index (χ3n) is 5.54. The van der Waals surface area contributed by atoms with E-state index in [1.165, 1.54) is 0 Å². The third kappa shape index (κ3) is 5.47. The first-order valence-electron chi connectivity index (χ1n) is 10.8. The van der Waals surface area contributed by atoms with Gasteiger partial charge in [0.05, 0.1) is 0 Å². The Morgan fingerprint density at radius 3 is 1.00 bits per heavy atom. The highest BCUT2D eigenvalue weighted by Gasteiger charge is 2.14. The van der Waals surface area contributed by atoms with E-state index in [1.807, 2.05) is 57.2 Å². The molecule has 0 saturated heterocycles. The molecule has 0 aliphatic carbocycles. The van der Waals surface area contributed by atoms with Crippen molar-refractivity contribution in [2.24, 2.45) is 0 Å². The first-order chi connectivity index (χ1) is 15.8. The largest absolute Gasteiger partial charge is 0.508 e. The molecule has 0 aliphatic rings. The zero-order valence-corrected chi connectivity index (χ0v) is 19.0. The molecule has 1 aromatic heterocycles. The van der Waals surface area contributed by atoms with Crippen molar-refractivity contribution in [2.45, 2.75) is 40.0 Å². The van der Waals surface area contributed by atoms with E-state index in [0.717, 1.165) is 33.4 Å². The van der Waals surface area contributed by atoms with E-state index in [-0.39, 0.29) is 17.2 Å². The summed E-state index contributed by atoms with van der Waals surface area (Å²) in [7, 11) is 0. The molecule has 3 N–H and O–H groups in total. The molecular weight excluding hydrogens is 414 g/mol. The number of hydrogen-bond donors (Lipinski definition) is 3. The van der Waals surface area contributed by atoms with Crippen LogP contribution in [-0.4, -0.2) is 30.3 Å². The minimum Gasteiger partial charge on any atom is -0.508 e. The van der Waals surface area contributed by atoms with Crippen LogP contribution in [0.1, 0.15) is 50.9 Å². The van der Waals surface area contributed by atoms with Crippen LogP contribution in [0.5, 0.6) is 17.2 Å². The van der Waals surface area contributed by atoms with Gasteiger partial charge < -0.3 is 15.3 Å². The maximum atomic E-state index is 10.3. The molecule has 4 rings (SSSR count). The second-order valence-corrected chi connectivity index (χ2v) is 8.51. The summed E-state index contributed by atoms with van der Waals surface area (Å²) >= 11 is 0. The monoisotopic (exact) mass is 441 g/mol. The highest BCUT2D eigenvalue weighted by Crippen LogP contribution is 2.24. The van der Waals surface area contributed by atoms with Crippen LogP contribution in [-0.2, 0) is 19.3 Å². The fourth-order valence-electron chi connectivity index (χ4n) is 3.74. The number of benzene rings is 3. The van der Waals surface area contributed by atoms with Crippen molar-refractivity contribution in [1.29, 1.82) is 0 Å². The van der Waals surface area contributed by atoms with Gasteiger partial charge in [0.15, 0.2) is 0 Å². The van der Waals surface area contributed by atoms with E-state index < -0.39 is 0 Å². The molecular formula is C27H27N3O3. The Morgan fingerprint density at radius 1 is 0.485 bits per heavy atom. The number of hydrogen-bond acceptors (Lipinski definition) is 6. The molecule has 6 heteroatoms. The van der Waals surface area contributed by atoms with E-state index >= 15 is 0 Å². The predicted octanol–water partition coefficient (Wildman–Crippen LogP) is 4.69. The molecule has 0 bridgehead atoms. The summed E-state index contributed by atoms with van der Waals surface area (Å²) in [6.45, 7) is 5.76. The molecule has 0 spiro atoms. The van der Waals surface area contributed by atoms with Crippen LogP contribution >= 0.6 is 0 Å². The van der Waals surface area contributed by atoms with Crippen LogP contribution in [0.2, 0.25) is 0 Å². The smallest absolute Gasteiger partial charge is 0.137 e. The number of rotatable bonds is 6. The van der Waals surface area contributed by atoms with E-state index in [1.54, 1.807) is 18.2 Å². The second-order valence-electron chi connectivity index (χ2n) is 8.51. The van der Waals surface area contributed by atoms with Crippen LogP contribution in [0.15, 0.2) is 54.6 Å². The van der Waals surface area contributed by atoms with Gasteiger partial charge in [-0.05, 0) is 55.7 Å². The van der Waals surface area contributed by atoms with Crippen molar-refractivity contribution in [3.8, 4) is 17.2 Å². The van der Waals surface area contributed by atoms with Gasteiger partial charge >= 0.3 is 0 Å². The van der Waals surface area contributed by atoms with Gasteiger partial charge in [-0.3, -0.25) is 0 Å². The first kappa shape index (κ1) is 22.3. The predicted molar refractivity (Wildman–Crippen MR) is 127 cm³/mol. The molecule has 6 nitrogen and oxygen atoms in total. The molecule has 168 valence electrons. The molecule has 33 heavy (non-hydrogen) atoms. The fraction of sp³-hybridized carbons (Fsp3) is 0.222. The van der Waals surface area contributed by atoms with Gasteiger partial charge in [-0.15, -0.1) is 0 Å². The van der Waals surface area contributed by atoms with Gasteiger partial charge in [0.25, 0.3) is 0 Å². The van der Waals surface area contributed by atoms with Gasteiger partial charge in [-0.2, -0.15) is 0 Å². The number of aryl methyl sites for hydroxylation is 3. The number of phenols is 3. The van der Waals surface area contributed by atoms with Gasteiger partial charge in [-0.25, -0.2) is 15.0 Å². The molecule has 0 atom stereocenters. The van der Waals surface area contributed by atoms with Crippen LogP contribution in [0.4, 0.5) is 0 Å². The Bertz CT molecular complexity index is 1150. The lowest BCUT2D eigenvalue weighted by molar-refractivity contribution is 0.468. The van der Waals surface area contributed by atoms with Crippen LogP contribution in [0.25, 0.3) is 0 Å². The quantitative estimate of drug-likeness (QED) is 0.402. The molecule has 1 heterocycles. The van der Waals surface area contributed by atoms with Crippen molar-refractivity contribution in [1.82, 2.24) is 15.0 Å². The zero-order chi connectivity index (χ0) is 23.5.